The van der Waals surface area contributed by atoms with Crippen molar-refractivity contribution in [3.8, 4) is 0 Å². The van der Waals surface area contributed by atoms with Crippen LogP contribution in [-0.4, -0.2) is 12.5 Å². The summed E-state index contributed by atoms with van der Waals surface area (Å²) in [5.74, 6) is 0. The first-order chi connectivity index (χ1) is 2.56. The van der Waals surface area contributed by atoms with E-state index in [1.165, 1.54) is 0 Å². The summed E-state index contributed by atoms with van der Waals surface area (Å²) in [7, 11) is 0. The van der Waals surface area contributed by atoms with Gasteiger partial charge in [-0.2, -0.15) is 13.2 Å². The van der Waals surface area contributed by atoms with Gasteiger partial charge in [0.15, 0.2) is 0 Å². The molecule has 0 bridgehead atoms. The molecular weight excluding hydrogens is 241 g/mol. The van der Waals surface area contributed by atoms with Gasteiger partial charge in [-0.15, -0.1) is 0 Å². The standard InChI is InChI=1S/C2HF3O.Nd/c3-2(4,5)1-6;/h1H;. The molecule has 0 atom stereocenters. The summed E-state index contributed by atoms with van der Waals surface area (Å²) >= 11 is 0. The SMILES string of the molecule is O=CC(F)(F)F.[Nd]. The fourth-order valence-corrected chi connectivity index (χ4v) is 0. The number of rotatable bonds is 0. The van der Waals surface area contributed by atoms with Crippen LogP contribution in [0.5, 0.6) is 0 Å². The van der Waals surface area contributed by atoms with Crippen molar-refractivity contribution < 1.29 is 58.8 Å². The maximum atomic E-state index is 10.4. The maximum absolute atomic E-state index is 10.4. The van der Waals surface area contributed by atoms with Crippen molar-refractivity contribution in [1.82, 2.24) is 0 Å². The minimum atomic E-state index is -4.64. The van der Waals surface area contributed by atoms with Gasteiger partial charge in [0, 0.05) is 40.8 Å². The van der Waals surface area contributed by atoms with Crippen LogP contribution in [0, 0.1) is 40.8 Å². The first-order valence-corrected chi connectivity index (χ1v) is 1.09. The monoisotopic (exact) mass is 240 g/mol. The quantitative estimate of drug-likeness (QED) is 0.573. The molecule has 0 aromatic carbocycles. The Labute approximate surface area is 70.8 Å². The van der Waals surface area contributed by atoms with E-state index in [0.29, 0.717) is 0 Å². The number of carbonyl (C=O) groups excluding carboxylic acids is 1. The van der Waals surface area contributed by atoms with Gasteiger partial charge in [0.05, 0.1) is 0 Å². The van der Waals surface area contributed by atoms with Gasteiger partial charge in [0.25, 0.3) is 0 Å². The molecule has 0 aliphatic rings. The molecule has 0 rings (SSSR count). The number of aldehydes is 1. The van der Waals surface area contributed by atoms with Gasteiger partial charge in [-0.05, 0) is 0 Å². The van der Waals surface area contributed by atoms with Crippen LogP contribution in [0.1, 0.15) is 0 Å². The smallest absolute Gasteiger partial charge is 0.293 e. The van der Waals surface area contributed by atoms with E-state index in [1.54, 1.807) is 0 Å². The first-order valence-electron chi connectivity index (χ1n) is 1.09. The minimum absolute atomic E-state index is 0. The molecule has 0 fully saturated rings. The minimum Gasteiger partial charge on any atom is -0.293 e. The summed E-state index contributed by atoms with van der Waals surface area (Å²) < 4.78 is 31.2. The van der Waals surface area contributed by atoms with Gasteiger partial charge in [-0.1, -0.05) is 0 Å². The van der Waals surface area contributed by atoms with Crippen molar-refractivity contribution >= 4 is 6.29 Å². The Hall–Kier alpha value is 0.811. The van der Waals surface area contributed by atoms with Gasteiger partial charge in [0.2, 0.25) is 6.29 Å². The molecule has 0 saturated heterocycles. The second-order valence-electron chi connectivity index (χ2n) is 0.659. The molecule has 0 aromatic heterocycles. The van der Waals surface area contributed by atoms with E-state index in [0.717, 1.165) is 0 Å². The number of carbonyl (C=O) groups is 1. The van der Waals surface area contributed by atoms with Crippen molar-refractivity contribution in [3.63, 3.8) is 0 Å². The topological polar surface area (TPSA) is 17.1 Å². The van der Waals surface area contributed by atoms with Crippen LogP contribution in [-0.2, 0) is 4.79 Å². The zero-order valence-electron chi connectivity index (χ0n) is 3.12. The van der Waals surface area contributed by atoms with Crippen molar-refractivity contribution in [2.45, 2.75) is 6.18 Å². The Morgan fingerprint density at radius 3 is 1.43 bits per heavy atom. The molecule has 0 N–H and O–H groups in total. The van der Waals surface area contributed by atoms with Crippen molar-refractivity contribution in [2.75, 3.05) is 0 Å². The summed E-state index contributed by atoms with van der Waals surface area (Å²) in [5, 5.41) is 0. The normalized spacial score (nSPS) is 9.57. The molecule has 0 amide bonds. The van der Waals surface area contributed by atoms with Gasteiger partial charge < -0.3 is 0 Å². The van der Waals surface area contributed by atoms with Crippen LogP contribution in [0.4, 0.5) is 13.2 Å². The Balaban J connectivity index is 0. The zero-order valence-corrected chi connectivity index (χ0v) is 6.33. The molecule has 0 radical (unpaired) electrons. The molecule has 40 valence electrons. The summed E-state index contributed by atoms with van der Waals surface area (Å²) in [6.45, 7) is 0. The molecule has 0 heterocycles. The Morgan fingerprint density at radius 1 is 1.29 bits per heavy atom. The number of hydrogen-bond acceptors (Lipinski definition) is 1. The average molecular weight is 242 g/mol. The average Bonchev–Trinajstić information content (AvgIpc) is 1.35. The summed E-state index contributed by atoms with van der Waals surface area (Å²) in [4.78, 5) is 8.70. The van der Waals surface area contributed by atoms with E-state index >= 15 is 0 Å². The van der Waals surface area contributed by atoms with Crippen LogP contribution in [0.2, 0.25) is 0 Å². The van der Waals surface area contributed by atoms with E-state index in [-0.39, 0.29) is 40.8 Å². The molecule has 1 nitrogen and oxygen atoms in total. The van der Waals surface area contributed by atoms with Crippen LogP contribution < -0.4 is 0 Å². The van der Waals surface area contributed by atoms with Gasteiger partial charge in [-0.25, -0.2) is 0 Å². The third-order valence-electron chi connectivity index (χ3n) is 0.134. The Morgan fingerprint density at radius 2 is 1.43 bits per heavy atom. The molecule has 7 heavy (non-hydrogen) atoms. The number of alkyl halides is 3. The van der Waals surface area contributed by atoms with Crippen LogP contribution in [0.3, 0.4) is 0 Å². The molecular formula is C2HF3NdO. The predicted octanol–water partition coefficient (Wildman–Crippen LogP) is 0.748. The van der Waals surface area contributed by atoms with E-state index in [2.05, 4.69) is 0 Å². The molecule has 0 aliphatic carbocycles. The molecule has 0 aliphatic heterocycles. The zero-order chi connectivity index (χ0) is 5.21. The summed E-state index contributed by atoms with van der Waals surface area (Å²) in [6.07, 6.45) is -5.70. The second kappa shape index (κ2) is 3.77. The van der Waals surface area contributed by atoms with Gasteiger partial charge in [-0.3, -0.25) is 4.79 Å². The molecule has 0 unspecified atom stereocenters. The fraction of sp³-hybridized carbons (Fsp3) is 0.500. The molecule has 0 spiro atoms. The van der Waals surface area contributed by atoms with E-state index in [9.17, 15) is 13.2 Å². The maximum Gasteiger partial charge on any atom is 0.446 e. The molecule has 0 saturated carbocycles. The third kappa shape index (κ3) is 10.9. The van der Waals surface area contributed by atoms with Gasteiger partial charge >= 0.3 is 6.18 Å². The molecule has 0 aromatic rings. The van der Waals surface area contributed by atoms with Crippen LogP contribution >= 0.6 is 0 Å². The van der Waals surface area contributed by atoms with E-state index in [1.807, 2.05) is 0 Å². The van der Waals surface area contributed by atoms with Crippen molar-refractivity contribution in [3.05, 3.63) is 0 Å². The first kappa shape index (κ1) is 10.7. The van der Waals surface area contributed by atoms with E-state index < -0.39 is 12.5 Å². The van der Waals surface area contributed by atoms with Crippen LogP contribution in [0.15, 0.2) is 0 Å². The van der Waals surface area contributed by atoms with Gasteiger partial charge in [0.1, 0.15) is 0 Å². The second-order valence-corrected chi connectivity index (χ2v) is 0.659. The summed E-state index contributed by atoms with van der Waals surface area (Å²) in [6, 6.07) is 0. The number of hydrogen-bond donors (Lipinski definition) is 0. The Bertz CT molecular complexity index is 58.4. The van der Waals surface area contributed by atoms with E-state index in [4.69, 9.17) is 4.79 Å². The molecule has 5 heteroatoms. The Kier molecular flexibility index (Phi) is 5.78. The van der Waals surface area contributed by atoms with Crippen LogP contribution in [0.25, 0.3) is 0 Å². The largest absolute Gasteiger partial charge is 0.446 e. The third-order valence-corrected chi connectivity index (χ3v) is 0.134. The number of halogens is 3. The van der Waals surface area contributed by atoms with Crippen molar-refractivity contribution in [1.29, 1.82) is 0 Å². The fourth-order valence-electron chi connectivity index (χ4n) is 0. The predicted molar refractivity (Wildman–Crippen MR) is 12.1 cm³/mol. The van der Waals surface area contributed by atoms with Crippen molar-refractivity contribution in [2.24, 2.45) is 0 Å². The summed E-state index contributed by atoms with van der Waals surface area (Å²) in [5.41, 5.74) is 0.